The predicted molar refractivity (Wildman–Crippen MR) is 117 cm³/mol. The van der Waals surface area contributed by atoms with Crippen molar-refractivity contribution in [2.45, 2.75) is 32.7 Å². The molecule has 1 fully saturated rings. The Bertz CT molecular complexity index is 847. The smallest absolute Gasteiger partial charge is 0.231 e. The lowest BCUT2D eigenvalue weighted by Gasteiger charge is -2.22. The third-order valence-electron chi connectivity index (χ3n) is 5.10. The van der Waals surface area contributed by atoms with E-state index in [1.165, 1.54) is 12.8 Å². The molecule has 7 nitrogen and oxygen atoms in total. The van der Waals surface area contributed by atoms with Gasteiger partial charge in [-0.25, -0.2) is 4.98 Å². The molecule has 2 aromatic rings. The SMILES string of the molecule is CCNC(=NCCc1csc(N2CCCC2)n1)N(C)Cc1ccc2c(c1)OCO2. The van der Waals surface area contributed by atoms with Crippen LogP contribution in [-0.4, -0.2) is 55.9 Å². The van der Waals surface area contributed by atoms with E-state index in [2.05, 4.69) is 40.5 Å². The molecule has 29 heavy (non-hydrogen) atoms. The summed E-state index contributed by atoms with van der Waals surface area (Å²) < 4.78 is 10.9. The van der Waals surface area contributed by atoms with Crippen molar-refractivity contribution in [3.8, 4) is 11.5 Å². The van der Waals surface area contributed by atoms with Crippen LogP contribution in [0.25, 0.3) is 0 Å². The first-order valence-corrected chi connectivity index (χ1v) is 11.2. The molecule has 1 N–H and O–H groups in total. The van der Waals surface area contributed by atoms with Gasteiger partial charge in [0.05, 0.1) is 5.69 Å². The van der Waals surface area contributed by atoms with Crippen molar-refractivity contribution >= 4 is 22.4 Å². The normalized spacial score (nSPS) is 15.8. The van der Waals surface area contributed by atoms with E-state index in [0.29, 0.717) is 6.79 Å². The molecule has 2 aliphatic rings. The van der Waals surface area contributed by atoms with Crippen molar-refractivity contribution in [3.05, 3.63) is 34.8 Å². The number of rotatable bonds is 7. The summed E-state index contributed by atoms with van der Waals surface area (Å²) in [5.41, 5.74) is 2.30. The van der Waals surface area contributed by atoms with Crippen LogP contribution in [0.2, 0.25) is 0 Å². The summed E-state index contributed by atoms with van der Waals surface area (Å²) in [5.74, 6) is 2.53. The number of aromatic nitrogens is 1. The maximum absolute atomic E-state index is 5.49. The standard InChI is InChI=1S/C21H29N5O2S/c1-3-22-20(25(2)13-16-6-7-18-19(12-16)28-15-27-18)23-9-8-17-14-29-21(24-17)26-10-4-5-11-26/h6-7,12,14H,3-5,8-11,13,15H2,1-2H3,(H,22,23). The molecule has 0 unspecified atom stereocenters. The molecule has 1 aromatic heterocycles. The Morgan fingerprint density at radius 1 is 1.28 bits per heavy atom. The number of nitrogens with zero attached hydrogens (tertiary/aromatic N) is 4. The van der Waals surface area contributed by atoms with Crippen molar-refractivity contribution in [3.63, 3.8) is 0 Å². The number of hydrogen-bond donors (Lipinski definition) is 1. The number of thiazole rings is 1. The van der Waals surface area contributed by atoms with Crippen LogP contribution in [0.4, 0.5) is 5.13 Å². The number of fused-ring (bicyclic) bond motifs is 1. The number of ether oxygens (including phenoxy) is 2. The second-order valence-electron chi connectivity index (χ2n) is 7.34. The Balaban J connectivity index is 1.34. The maximum atomic E-state index is 5.49. The molecule has 2 aliphatic heterocycles. The zero-order valence-electron chi connectivity index (χ0n) is 17.2. The molecule has 156 valence electrons. The monoisotopic (exact) mass is 415 g/mol. The lowest BCUT2D eigenvalue weighted by molar-refractivity contribution is 0.174. The van der Waals surface area contributed by atoms with Crippen molar-refractivity contribution in [1.29, 1.82) is 0 Å². The van der Waals surface area contributed by atoms with E-state index in [1.54, 1.807) is 11.3 Å². The minimum atomic E-state index is 0.300. The highest BCUT2D eigenvalue weighted by atomic mass is 32.1. The summed E-state index contributed by atoms with van der Waals surface area (Å²) in [5, 5.41) is 6.72. The molecular formula is C21H29N5O2S. The zero-order valence-corrected chi connectivity index (χ0v) is 18.0. The van der Waals surface area contributed by atoms with Crippen molar-refractivity contribution in [2.75, 3.05) is 44.9 Å². The lowest BCUT2D eigenvalue weighted by atomic mass is 10.2. The number of hydrogen-bond acceptors (Lipinski definition) is 6. The fourth-order valence-electron chi connectivity index (χ4n) is 3.60. The van der Waals surface area contributed by atoms with E-state index in [0.717, 1.165) is 73.0 Å². The van der Waals surface area contributed by atoms with Crippen LogP contribution in [0.15, 0.2) is 28.6 Å². The average Bonchev–Trinajstić information content (AvgIpc) is 3.47. The second-order valence-corrected chi connectivity index (χ2v) is 8.18. The molecule has 1 saturated heterocycles. The average molecular weight is 416 g/mol. The van der Waals surface area contributed by atoms with Gasteiger partial charge in [0.15, 0.2) is 22.6 Å². The third kappa shape index (κ3) is 4.93. The highest BCUT2D eigenvalue weighted by Gasteiger charge is 2.16. The van der Waals surface area contributed by atoms with Crippen LogP contribution in [0.3, 0.4) is 0 Å². The van der Waals surface area contributed by atoms with Crippen LogP contribution in [-0.2, 0) is 13.0 Å². The van der Waals surface area contributed by atoms with Gasteiger partial charge in [0.25, 0.3) is 0 Å². The molecule has 0 atom stereocenters. The molecule has 8 heteroatoms. The molecule has 3 heterocycles. The van der Waals surface area contributed by atoms with Crippen LogP contribution < -0.4 is 19.7 Å². The highest BCUT2D eigenvalue weighted by Crippen LogP contribution is 2.32. The molecule has 0 aliphatic carbocycles. The fraction of sp³-hybridized carbons (Fsp3) is 0.524. The van der Waals surface area contributed by atoms with E-state index in [1.807, 2.05) is 12.1 Å². The Kier molecular flexibility index (Phi) is 6.39. The number of anilines is 1. The van der Waals surface area contributed by atoms with Gasteiger partial charge in [-0.15, -0.1) is 11.3 Å². The topological polar surface area (TPSA) is 62.2 Å². The summed E-state index contributed by atoms with van der Waals surface area (Å²) in [6.45, 7) is 6.97. The van der Waals surface area contributed by atoms with Crippen LogP contribution in [0, 0.1) is 0 Å². The maximum Gasteiger partial charge on any atom is 0.231 e. The van der Waals surface area contributed by atoms with Gasteiger partial charge in [0, 0.05) is 51.6 Å². The molecule has 0 amide bonds. The van der Waals surface area contributed by atoms with Gasteiger partial charge >= 0.3 is 0 Å². The minimum Gasteiger partial charge on any atom is -0.454 e. The van der Waals surface area contributed by atoms with Gasteiger partial charge in [-0.3, -0.25) is 4.99 Å². The largest absolute Gasteiger partial charge is 0.454 e. The first-order valence-electron chi connectivity index (χ1n) is 10.3. The summed E-state index contributed by atoms with van der Waals surface area (Å²) >= 11 is 1.75. The van der Waals surface area contributed by atoms with E-state index in [4.69, 9.17) is 19.5 Å². The van der Waals surface area contributed by atoms with Gasteiger partial charge in [-0.2, -0.15) is 0 Å². The van der Waals surface area contributed by atoms with E-state index in [-0.39, 0.29) is 0 Å². The molecule has 0 saturated carbocycles. The predicted octanol–water partition coefficient (Wildman–Crippen LogP) is 3.11. The summed E-state index contributed by atoms with van der Waals surface area (Å²) in [6.07, 6.45) is 3.42. The summed E-state index contributed by atoms with van der Waals surface area (Å²) in [6, 6.07) is 6.08. The molecule has 0 spiro atoms. The third-order valence-corrected chi connectivity index (χ3v) is 6.05. The van der Waals surface area contributed by atoms with Gasteiger partial charge in [-0.1, -0.05) is 6.07 Å². The Morgan fingerprint density at radius 3 is 2.93 bits per heavy atom. The van der Waals surface area contributed by atoms with Gasteiger partial charge in [0.1, 0.15) is 0 Å². The van der Waals surface area contributed by atoms with E-state index in [9.17, 15) is 0 Å². The molecule has 1 aromatic carbocycles. The van der Waals surface area contributed by atoms with E-state index >= 15 is 0 Å². The quantitative estimate of drug-likeness (QED) is 0.554. The highest BCUT2D eigenvalue weighted by molar-refractivity contribution is 7.13. The first kappa shape index (κ1) is 19.8. The van der Waals surface area contributed by atoms with E-state index < -0.39 is 0 Å². The number of aliphatic imine (C=N–C) groups is 1. The fourth-order valence-corrected chi connectivity index (χ4v) is 4.51. The number of nitrogens with one attached hydrogen (secondary N) is 1. The lowest BCUT2D eigenvalue weighted by Crippen LogP contribution is -2.38. The van der Waals surface area contributed by atoms with Crippen molar-refractivity contribution in [1.82, 2.24) is 15.2 Å². The Labute approximate surface area is 176 Å². The Hall–Kier alpha value is -2.48. The van der Waals surface area contributed by atoms with Crippen molar-refractivity contribution < 1.29 is 9.47 Å². The Morgan fingerprint density at radius 2 is 2.10 bits per heavy atom. The van der Waals surface area contributed by atoms with Gasteiger partial charge in [0.2, 0.25) is 6.79 Å². The molecule has 4 rings (SSSR count). The molecule has 0 bridgehead atoms. The molecular weight excluding hydrogens is 386 g/mol. The van der Waals surface area contributed by atoms with Crippen LogP contribution in [0.1, 0.15) is 31.0 Å². The summed E-state index contributed by atoms with van der Waals surface area (Å²) in [4.78, 5) is 14.1. The zero-order chi connectivity index (χ0) is 20.1. The van der Waals surface area contributed by atoms with Crippen LogP contribution >= 0.6 is 11.3 Å². The van der Waals surface area contributed by atoms with Crippen LogP contribution in [0.5, 0.6) is 11.5 Å². The number of guanidine groups is 1. The minimum absolute atomic E-state index is 0.300. The second kappa shape index (κ2) is 9.35. The van der Waals surface area contributed by atoms with Gasteiger partial charge < -0.3 is 24.6 Å². The first-order chi connectivity index (χ1) is 14.2. The summed E-state index contributed by atoms with van der Waals surface area (Å²) in [7, 11) is 2.06. The van der Waals surface area contributed by atoms with Gasteiger partial charge in [-0.05, 0) is 37.5 Å². The van der Waals surface area contributed by atoms with Crippen molar-refractivity contribution in [2.24, 2.45) is 4.99 Å². The molecule has 0 radical (unpaired) electrons. The number of benzene rings is 1.